The fourth-order valence-corrected chi connectivity index (χ4v) is 6.89. The van der Waals surface area contributed by atoms with Gasteiger partial charge in [-0.15, -0.1) is 11.3 Å². The quantitative estimate of drug-likeness (QED) is 0.227. The number of thiophene rings is 1. The largest absolute Gasteiger partial charge is 0.464 e. The van der Waals surface area contributed by atoms with Gasteiger partial charge in [-0.1, -0.05) is 20.8 Å². The van der Waals surface area contributed by atoms with Crippen LogP contribution in [0.15, 0.2) is 42.6 Å². The van der Waals surface area contributed by atoms with Gasteiger partial charge in [0.05, 0.1) is 39.8 Å². The molecule has 1 N–H and O–H groups in total. The molecule has 3 aromatic heterocycles. The molecule has 1 aliphatic heterocycles. The highest BCUT2D eigenvalue weighted by Crippen LogP contribution is 2.41. The number of nitrogens with zero attached hydrogens (tertiary/aromatic N) is 3. The number of benzene rings is 1. The number of fused-ring (bicyclic) bond motifs is 2. The van der Waals surface area contributed by atoms with Crippen molar-refractivity contribution >= 4 is 52.8 Å². The zero-order valence-electron chi connectivity index (χ0n) is 23.8. The van der Waals surface area contributed by atoms with Crippen molar-refractivity contribution in [2.24, 2.45) is 0 Å². The number of carboxylic acid groups (broad SMARTS) is 1. The second-order valence-electron chi connectivity index (χ2n) is 12.1. The second kappa shape index (κ2) is 10.2. The van der Waals surface area contributed by atoms with Crippen molar-refractivity contribution in [2.75, 3.05) is 13.2 Å². The van der Waals surface area contributed by atoms with Gasteiger partial charge in [0.2, 0.25) is 0 Å². The maximum Gasteiger partial charge on any atom is 0.416 e. The molecule has 218 valence electrons. The predicted octanol–water partition coefficient (Wildman–Crippen LogP) is 7.75. The first-order valence-electron chi connectivity index (χ1n) is 13.3. The van der Waals surface area contributed by atoms with Crippen LogP contribution in [0.25, 0.3) is 21.1 Å². The Morgan fingerprint density at radius 1 is 1.20 bits per heavy atom. The second-order valence-corrected chi connectivity index (χ2v) is 17.9. The van der Waals surface area contributed by atoms with Crippen LogP contribution in [-0.2, 0) is 4.43 Å². The van der Waals surface area contributed by atoms with Crippen LogP contribution < -0.4 is 4.74 Å². The third kappa shape index (κ3) is 5.60. The van der Waals surface area contributed by atoms with Gasteiger partial charge in [-0.3, -0.25) is 14.3 Å². The van der Waals surface area contributed by atoms with E-state index >= 15 is 0 Å². The Hall–Kier alpha value is -3.35. The van der Waals surface area contributed by atoms with Gasteiger partial charge in [-0.2, -0.15) is 0 Å². The van der Waals surface area contributed by atoms with E-state index in [1.807, 2.05) is 0 Å². The van der Waals surface area contributed by atoms with Crippen LogP contribution in [0.2, 0.25) is 18.1 Å². The molecule has 1 fully saturated rings. The van der Waals surface area contributed by atoms with Crippen molar-refractivity contribution in [3.63, 3.8) is 0 Å². The smallest absolute Gasteiger partial charge is 0.416 e. The van der Waals surface area contributed by atoms with Crippen LogP contribution in [0, 0.1) is 6.92 Å². The molecule has 1 saturated heterocycles. The maximum absolute atomic E-state index is 14.6. The molecular weight excluding hydrogens is 568 g/mol. The predicted molar refractivity (Wildman–Crippen MR) is 157 cm³/mol. The first kappa shape index (κ1) is 29.1. The van der Waals surface area contributed by atoms with Gasteiger partial charge in [0.1, 0.15) is 11.5 Å². The van der Waals surface area contributed by atoms with Gasteiger partial charge < -0.3 is 19.2 Å². The third-order valence-corrected chi connectivity index (χ3v) is 13.7. The number of rotatable bonds is 6. The molecule has 5 rings (SSSR count). The van der Waals surface area contributed by atoms with Crippen LogP contribution in [-0.4, -0.2) is 65.0 Å². The normalized spacial score (nSPS) is 17.5. The summed E-state index contributed by atoms with van der Waals surface area (Å²) < 4.78 is 43.3. The summed E-state index contributed by atoms with van der Waals surface area (Å²) in [6, 6.07) is 9.40. The van der Waals surface area contributed by atoms with E-state index in [4.69, 9.17) is 9.16 Å². The zero-order valence-corrected chi connectivity index (χ0v) is 25.6. The Bertz CT molecular complexity index is 1660. The van der Waals surface area contributed by atoms with Gasteiger partial charge in [0, 0.05) is 29.8 Å². The first-order chi connectivity index (χ1) is 19.1. The lowest BCUT2D eigenvalue weighted by Gasteiger charge is -2.37. The number of amides is 1. The minimum absolute atomic E-state index is 0.0703. The molecule has 4 aromatic rings. The third-order valence-electron chi connectivity index (χ3n) is 8.04. The molecule has 1 amide bonds. The van der Waals surface area contributed by atoms with Gasteiger partial charge in [0.15, 0.2) is 8.32 Å². The molecule has 8 nitrogen and oxygen atoms in total. The molecule has 0 aliphatic carbocycles. The highest BCUT2D eigenvalue weighted by atomic mass is 32.1. The van der Waals surface area contributed by atoms with Gasteiger partial charge in [-0.25, -0.2) is 13.6 Å². The number of hydrogen-bond donors (Lipinski definition) is 1. The fourth-order valence-electron chi connectivity index (χ4n) is 4.82. The molecule has 1 unspecified atom stereocenters. The number of carbonyl (C=O) groups excluding carboxylic acids is 1. The number of aromatic nitrogens is 2. The van der Waals surface area contributed by atoms with Crippen LogP contribution >= 0.6 is 11.3 Å². The fraction of sp³-hybridized carbons (Fsp3) is 0.414. The minimum atomic E-state index is -2.99. The summed E-state index contributed by atoms with van der Waals surface area (Å²) >= 11 is 1.14. The standard InChI is InChI=1S/C29H33F2N3O5SSi/c1-17-11-18-12-20(7-8-22(18)34(17)27(36)37)39-23-9-10-32-21-13-24(40-25(21)23)26(35)33-16-29(30,31)14-19(33)15-38-41(5,6)28(2,3)4/h7-13,19H,14-16H2,1-6H3,(H,36,37). The van der Waals surface area contributed by atoms with Crippen molar-refractivity contribution in [3.05, 3.63) is 53.2 Å². The molecule has 1 aromatic carbocycles. The van der Waals surface area contributed by atoms with Crippen molar-refractivity contribution in [3.8, 4) is 11.5 Å². The lowest BCUT2D eigenvalue weighted by atomic mass is 10.2. The van der Waals surface area contributed by atoms with E-state index in [9.17, 15) is 23.5 Å². The molecular formula is C29H33F2N3O5SSi. The summed E-state index contributed by atoms with van der Waals surface area (Å²) in [5.74, 6) is -2.53. The number of halogens is 2. The molecule has 1 atom stereocenters. The Kier molecular flexibility index (Phi) is 7.24. The Balaban J connectivity index is 1.40. The van der Waals surface area contributed by atoms with Crippen molar-refractivity contribution < 1.29 is 32.6 Å². The average Bonchev–Trinajstić information content (AvgIpc) is 3.53. The van der Waals surface area contributed by atoms with E-state index in [1.54, 1.807) is 49.5 Å². The number of ether oxygens (including phenoxy) is 1. The van der Waals surface area contributed by atoms with E-state index in [1.165, 1.54) is 9.47 Å². The summed E-state index contributed by atoms with van der Waals surface area (Å²) in [6.45, 7) is 11.5. The number of alkyl halides is 2. The van der Waals surface area contributed by atoms with Crippen LogP contribution in [0.4, 0.5) is 13.6 Å². The van der Waals surface area contributed by atoms with Crippen LogP contribution in [0.3, 0.4) is 0 Å². The van der Waals surface area contributed by atoms with Crippen molar-refractivity contribution in [1.82, 2.24) is 14.5 Å². The Morgan fingerprint density at radius 2 is 1.93 bits per heavy atom. The lowest BCUT2D eigenvalue weighted by molar-refractivity contribution is 0.0116. The van der Waals surface area contributed by atoms with Crippen LogP contribution in [0.5, 0.6) is 11.5 Å². The van der Waals surface area contributed by atoms with Crippen molar-refractivity contribution in [2.45, 2.75) is 64.2 Å². The van der Waals surface area contributed by atoms with E-state index in [-0.39, 0.29) is 11.6 Å². The summed E-state index contributed by atoms with van der Waals surface area (Å²) in [4.78, 5) is 31.1. The SMILES string of the molecule is Cc1cc2cc(Oc3ccnc4cc(C(=O)N5CC(F)(F)CC5CO[Si](C)(C)C(C)(C)C)sc34)ccc2n1C(=O)O. The average molecular weight is 602 g/mol. The monoisotopic (exact) mass is 601 g/mol. The van der Waals surface area contributed by atoms with Crippen LogP contribution in [0.1, 0.15) is 42.6 Å². The van der Waals surface area contributed by atoms with E-state index in [0.29, 0.717) is 43.2 Å². The molecule has 41 heavy (non-hydrogen) atoms. The van der Waals surface area contributed by atoms with Gasteiger partial charge in [-0.05, 0) is 55.4 Å². The molecule has 4 heterocycles. The highest BCUT2D eigenvalue weighted by Gasteiger charge is 2.48. The van der Waals surface area contributed by atoms with E-state index in [0.717, 1.165) is 11.3 Å². The molecule has 12 heteroatoms. The molecule has 1 aliphatic rings. The Morgan fingerprint density at radius 3 is 2.61 bits per heavy atom. The number of pyridine rings is 1. The van der Waals surface area contributed by atoms with Gasteiger partial charge >= 0.3 is 6.09 Å². The molecule has 0 spiro atoms. The first-order valence-corrected chi connectivity index (χ1v) is 17.0. The number of hydrogen-bond acceptors (Lipinski definition) is 6. The Labute approximate surface area is 241 Å². The molecule has 0 bridgehead atoms. The summed E-state index contributed by atoms with van der Waals surface area (Å²) in [5.41, 5.74) is 1.64. The molecule has 0 saturated carbocycles. The summed E-state index contributed by atoms with van der Waals surface area (Å²) in [6.07, 6.45) is 0.0563. The lowest BCUT2D eigenvalue weighted by Crippen LogP contribution is -2.45. The van der Waals surface area contributed by atoms with E-state index < -0.39 is 45.2 Å². The van der Waals surface area contributed by atoms with Gasteiger partial charge in [0.25, 0.3) is 11.8 Å². The highest BCUT2D eigenvalue weighted by molar-refractivity contribution is 7.21. The number of aryl methyl sites for hydroxylation is 1. The maximum atomic E-state index is 14.6. The number of likely N-dealkylation sites (tertiary alicyclic amines) is 1. The number of carbonyl (C=O) groups is 2. The van der Waals surface area contributed by atoms with Crippen molar-refractivity contribution in [1.29, 1.82) is 0 Å². The topological polar surface area (TPSA) is 93.9 Å². The minimum Gasteiger partial charge on any atom is -0.464 e. The zero-order chi connectivity index (χ0) is 29.9. The summed E-state index contributed by atoms with van der Waals surface area (Å²) in [5, 5.41) is 10.1. The van der Waals surface area contributed by atoms with E-state index in [2.05, 4.69) is 38.8 Å². The molecule has 0 radical (unpaired) electrons. The summed E-state index contributed by atoms with van der Waals surface area (Å²) in [7, 11) is -2.20.